The average molecular weight is 576 g/mol. The van der Waals surface area contributed by atoms with E-state index in [2.05, 4.69) is 45.1 Å². The fourth-order valence-corrected chi connectivity index (χ4v) is 3.19. The van der Waals surface area contributed by atoms with Gasteiger partial charge in [-0.1, -0.05) is 49.4 Å². The minimum absolute atomic E-state index is 0. The normalized spacial score (nSPS) is 11.9. The van der Waals surface area contributed by atoms with Gasteiger partial charge in [-0.3, -0.25) is 14.5 Å². The number of nitrogens with zero attached hydrogens (tertiary/aromatic N) is 3. The monoisotopic (exact) mass is 576 g/mol. The Morgan fingerprint density at radius 2 is 1.88 bits per heavy atom. The van der Waals surface area contributed by atoms with E-state index in [0.29, 0.717) is 25.7 Å². The van der Waals surface area contributed by atoms with E-state index in [1.54, 1.807) is 30.2 Å². The predicted octanol–water partition coefficient (Wildman–Crippen LogP) is 3.66. The van der Waals surface area contributed by atoms with Gasteiger partial charge in [-0.05, 0) is 35.2 Å². The van der Waals surface area contributed by atoms with E-state index >= 15 is 0 Å². The molecule has 1 amide bonds. The molecule has 0 saturated carbocycles. The number of guanidine groups is 1. The van der Waals surface area contributed by atoms with Crippen LogP contribution in [0.25, 0.3) is 0 Å². The van der Waals surface area contributed by atoms with Crippen LogP contribution in [0.5, 0.6) is 0 Å². The van der Waals surface area contributed by atoms with Gasteiger partial charge in [0.25, 0.3) is 0 Å². The van der Waals surface area contributed by atoms with E-state index < -0.39 is 0 Å². The first-order chi connectivity index (χ1) is 16.1. The number of benzene rings is 2. The summed E-state index contributed by atoms with van der Waals surface area (Å²) in [7, 11) is 1.75. The van der Waals surface area contributed by atoms with E-state index in [4.69, 9.17) is 4.74 Å². The molecule has 0 radical (unpaired) electrons. The first-order valence-electron chi connectivity index (χ1n) is 11.0. The number of carbonyl (C=O) groups excluding carboxylic acids is 1. The van der Waals surface area contributed by atoms with Crippen LogP contribution in [0, 0.1) is 5.92 Å². The summed E-state index contributed by atoms with van der Waals surface area (Å²) >= 11 is 0. The van der Waals surface area contributed by atoms with Crippen molar-refractivity contribution in [3.05, 3.63) is 84.2 Å². The third kappa shape index (κ3) is 9.92. The lowest BCUT2D eigenvalue weighted by atomic mass is 10.2. The van der Waals surface area contributed by atoms with E-state index in [9.17, 15) is 4.79 Å². The Morgan fingerprint density at radius 3 is 2.62 bits per heavy atom. The molecule has 1 unspecified atom stereocenters. The van der Waals surface area contributed by atoms with E-state index in [1.165, 1.54) is 5.56 Å². The minimum atomic E-state index is -0.121. The molecule has 2 aromatic carbocycles. The van der Waals surface area contributed by atoms with Crippen LogP contribution in [-0.4, -0.2) is 41.8 Å². The zero-order valence-corrected chi connectivity index (χ0v) is 21.9. The summed E-state index contributed by atoms with van der Waals surface area (Å²) in [5.74, 6) is 0.934. The first kappa shape index (κ1) is 27.3. The van der Waals surface area contributed by atoms with Crippen LogP contribution in [0.3, 0.4) is 0 Å². The Bertz CT molecular complexity index is 1010. The molecule has 8 nitrogen and oxygen atoms in total. The second-order valence-electron chi connectivity index (χ2n) is 7.86. The van der Waals surface area contributed by atoms with Crippen LogP contribution >= 0.6 is 24.0 Å². The van der Waals surface area contributed by atoms with Crippen molar-refractivity contribution in [2.24, 2.45) is 10.9 Å². The van der Waals surface area contributed by atoms with Crippen molar-refractivity contribution in [2.75, 3.05) is 25.5 Å². The summed E-state index contributed by atoms with van der Waals surface area (Å²) < 4.78 is 7.40. The fourth-order valence-electron chi connectivity index (χ4n) is 3.19. The SMILES string of the molecule is CN=C(NCc1cccc(NC(=O)Cn2cccn2)c1)NCC(C)COCc1ccccc1.I. The second kappa shape index (κ2) is 15.1. The zero-order chi connectivity index (χ0) is 23.3. The highest BCUT2D eigenvalue weighted by atomic mass is 127. The molecule has 0 saturated heterocycles. The van der Waals surface area contributed by atoms with Gasteiger partial charge < -0.3 is 20.7 Å². The van der Waals surface area contributed by atoms with E-state index in [1.807, 2.05) is 42.5 Å². The number of amides is 1. The molecule has 0 aliphatic heterocycles. The highest BCUT2D eigenvalue weighted by Crippen LogP contribution is 2.11. The molecule has 9 heteroatoms. The first-order valence-corrected chi connectivity index (χ1v) is 11.0. The van der Waals surface area contributed by atoms with E-state index in [0.717, 1.165) is 23.8 Å². The lowest BCUT2D eigenvalue weighted by Crippen LogP contribution is -2.39. The maximum atomic E-state index is 12.2. The molecule has 34 heavy (non-hydrogen) atoms. The van der Waals surface area contributed by atoms with Gasteiger partial charge in [0.05, 0.1) is 13.2 Å². The zero-order valence-electron chi connectivity index (χ0n) is 19.6. The maximum absolute atomic E-state index is 12.2. The van der Waals surface area contributed by atoms with Crippen molar-refractivity contribution < 1.29 is 9.53 Å². The van der Waals surface area contributed by atoms with Crippen molar-refractivity contribution >= 4 is 41.5 Å². The number of ether oxygens (including phenoxy) is 1. The van der Waals surface area contributed by atoms with Gasteiger partial charge in [0, 0.05) is 38.2 Å². The summed E-state index contributed by atoms with van der Waals surface area (Å²) in [4.78, 5) is 16.5. The number of aromatic nitrogens is 2. The molecule has 3 rings (SSSR count). The quantitative estimate of drug-likeness (QED) is 0.184. The number of nitrogens with one attached hydrogen (secondary N) is 3. The lowest BCUT2D eigenvalue weighted by molar-refractivity contribution is -0.116. The molecule has 0 bridgehead atoms. The van der Waals surface area contributed by atoms with Gasteiger partial charge in [0.2, 0.25) is 5.91 Å². The summed E-state index contributed by atoms with van der Waals surface area (Å²) in [6.07, 6.45) is 3.41. The number of anilines is 1. The van der Waals surface area contributed by atoms with Gasteiger partial charge in [0.15, 0.2) is 5.96 Å². The average Bonchev–Trinajstić information content (AvgIpc) is 3.33. The summed E-state index contributed by atoms with van der Waals surface area (Å²) in [6, 6.07) is 19.7. The van der Waals surface area contributed by atoms with Gasteiger partial charge in [-0.25, -0.2) is 0 Å². The van der Waals surface area contributed by atoms with Gasteiger partial charge in [0.1, 0.15) is 6.54 Å². The second-order valence-corrected chi connectivity index (χ2v) is 7.86. The highest BCUT2D eigenvalue weighted by Gasteiger charge is 2.07. The fraction of sp³-hybridized carbons (Fsp3) is 0.320. The van der Waals surface area contributed by atoms with Crippen LogP contribution in [0.15, 0.2) is 78.0 Å². The minimum Gasteiger partial charge on any atom is -0.376 e. The summed E-state index contributed by atoms with van der Waals surface area (Å²) in [5.41, 5.74) is 2.96. The maximum Gasteiger partial charge on any atom is 0.246 e. The Hall–Kier alpha value is -2.92. The molecule has 1 heterocycles. The molecule has 3 N–H and O–H groups in total. The summed E-state index contributed by atoms with van der Waals surface area (Å²) in [5, 5.41) is 13.6. The Labute approximate surface area is 218 Å². The Morgan fingerprint density at radius 1 is 1.09 bits per heavy atom. The van der Waals surface area contributed by atoms with Crippen LogP contribution in [0.4, 0.5) is 5.69 Å². The number of halogens is 1. The van der Waals surface area contributed by atoms with Crippen molar-refractivity contribution in [2.45, 2.75) is 26.6 Å². The molecule has 1 atom stereocenters. The third-order valence-corrected chi connectivity index (χ3v) is 4.89. The molecule has 182 valence electrons. The topological polar surface area (TPSA) is 92.6 Å². The highest BCUT2D eigenvalue weighted by molar-refractivity contribution is 14.0. The predicted molar refractivity (Wildman–Crippen MR) is 146 cm³/mol. The molecule has 0 spiro atoms. The molecular formula is C25H33IN6O2. The van der Waals surface area contributed by atoms with Gasteiger partial charge >= 0.3 is 0 Å². The van der Waals surface area contributed by atoms with Crippen molar-refractivity contribution in [1.29, 1.82) is 0 Å². The third-order valence-electron chi connectivity index (χ3n) is 4.89. The molecule has 1 aromatic heterocycles. The molecule has 0 fully saturated rings. The largest absolute Gasteiger partial charge is 0.376 e. The van der Waals surface area contributed by atoms with Gasteiger partial charge in [-0.2, -0.15) is 5.10 Å². The van der Waals surface area contributed by atoms with Crippen molar-refractivity contribution in [3.63, 3.8) is 0 Å². The molecule has 0 aliphatic carbocycles. The number of rotatable bonds is 11. The standard InChI is InChI=1S/C25H32N6O2.HI/c1-20(18-33-19-21-8-4-3-5-9-21)15-27-25(26-2)28-16-22-10-6-11-23(14-22)30-24(32)17-31-13-7-12-29-31;/h3-14,20H,15-19H2,1-2H3,(H,30,32)(H2,26,27,28);1H. The number of aliphatic imine (C=N–C) groups is 1. The van der Waals surface area contributed by atoms with Crippen LogP contribution in [-0.2, 0) is 29.2 Å². The molecule has 0 aliphatic rings. The lowest BCUT2D eigenvalue weighted by Gasteiger charge is -2.16. The molecule has 3 aromatic rings. The van der Waals surface area contributed by atoms with Crippen LogP contribution in [0.1, 0.15) is 18.1 Å². The van der Waals surface area contributed by atoms with E-state index in [-0.39, 0.29) is 36.4 Å². The van der Waals surface area contributed by atoms with Gasteiger partial charge in [-0.15, -0.1) is 24.0 Å². The Kier molecular flexibility index (Phi) is 12.1. The number of hydrogen-bond acceptors (Lipinski definition) is 4. The van der Waals surface area contributed by atoms with Crippen molar-refractivity contribution in [3.8, 4) is 0 Å². The molecular weight excluding hydrogens is 543 g/mol. The summed E-state index contributed by atoms with van der Waals surface area (Å²) in [6.45, 7) is 4.94. The Balaban J connectivity index is 0.00000408. The number of carbonyl (C=O) groups is 1. The van der Waals surface area contributed by atoms with Crippen LogP contribution in [0.2, 0.25) is 0 Å². The van der Waals surface area contributed by atoms with Crippen molar-refractivity contribution in [1.82, 2.24) is 20.4 Å². The number of hydrogen-bond donors (Lipinski definition) is 3. The van der Waals surface area contributed by atoms with Crippen LogP contribution < -0.4 is 16.0 Å². The smallest absolute Gasteiger partial charge is 0.246 e.